The van der Waals surface area contributed by atoms with Gasteiger partial charge < -0.3 is 20.1 Å². The number of aliphatic hydroxyl groups excluding tert-OH is 1. The number of phenols is 2. The molecule has 3 rings (SSSR count). The SMILES string of the molecule is COc1c(O)c2c(c(O)c1C(C)C)C(=O)C(=O)C1C(C)(C)CCC[C@]21CO. The number of ketones is 2. The molecule has 0 heterocycles. The van der Waals surface area contributed by atoms with Crippen LogP contribution in [0.2, 0.25) is 0 Å². The molecular weight excluding hydrogens is 348 g/mol. The van der Waals surface area contributed by atoms with Crippen LogP contribution in [0, 0.1) is 11.3 Å². The van der Waals surface area contributed by atoms with Crippen molar-refractivity contribution in [3.63, 3.8) is 0 Å². The Morgan fingerprint density at radius 3 is 2.30 bits per heavy atom. The van der Waals surface area contributed by atoms with Gasteiger partial charge in [0.1, 0.15) is 5.75 Å². The minimum absolute atomic E-state index is 0.0957. The van der Waals surface area contributed by atoms with Gasteiger partial charge in [0.05, 0.1) is 19.3 Å². The van der Waals surface area contributed by atoms with Gasteiger partial charge in [-0.25, -0.2) is 0 Å². The van der Waals surface area contributed by atoms with Crippen molar-refractivity contribution in [2.24, 2.45) is 11.3 Å². The minimum atomic E-state index is -1.12. The van der Waals surface area contributed by atoms with Crippen LogP contribution in [0.15, 0.2) is 0 Å². The number of carbonyl (C=O) groups excluding carboxylic acids is 2. The Morgan fingerprint density at radius 1 is 1.15 bits per heavy atom. The van der Waals surface area contributed by atoms with Crippen LogP contribution >= 0.6 is 0 Å². The lowest BCUT2D eigenvalue weighted by atomic mass is 9.49. The van der Waals surface area contributed by atoms with E-state index in [0.29, 0.717) is 6.42 Å². The Labute approximate surface area is 159 Å². The van der Waals surface area contributed by atoms with Crippen LogP contribution in [-0.4, -0.2) is 40.6 Å². The molecule has 1 fully saturated rings. The highest BCUT2D eigenvalue weighted by Gasteiger charge is 2.61. The second-order valence-electron chi connectivity index (χ2n) is 8.83. The van der Waals surface area contributed by atoms with E-state index in [1.807, 2.05) is 13.8 Å². The Balaban J connectivity index is 2.48. The Bertz CT molecular complexity index is 823. The van der Waals surface area contributed by atoms with Crippen LogP contribution in [0.5, 0.6) is 17.2 Å². The van der Waals surface area contributed by atoms with Gasteiger partial charge in [0.2, 0.25) is 11.6 Å². The van der Waals surface area contributed by atoms with Crippen LogP contribution in [0.25, 0.3) is 0 Å². The summed E-state index contributed by atoms with van der Waals surface area (Å²) in [6, 6.07) is 0. The number of hydrogen-bond donors (Lipinski definition) is 3. The number of methoxy groups -OCH3 is 1. The highest BCUT2D eigenvalue weighted by Crippen LogP contribution is 2.61. The zero-order valence-electron chi connectivity index (χ0n) is 16.5. The zero-order valence-corrected chi connectivity index (χ0v) is 16.5. The Morgan fingerprint density at radius 2 is 1.78 bits per heavy atom. The number of Topliss-reactive ketones (excluding diaryl/α,β-unsaturated/α-hetero) is 2. The Kier molecular flexibility index (Phi) is 4.54. The Hall–Kier alpha value is -2.08. The fourth-order valence-corrected chi connectivity index (χ4v) is 5.44. The first-order valence-electron chi connectivity index (χ1n) is 9.40. The van der Waals surface area contributed by atoms with Crippen LogP contribution < -0.4 is 4.74 Å². The summed E-state index contributed by atoms with van der Waals surface area (Å²) in [5.41, 5.74) is -1.36. The molecule has 0 aliphatic heterocycles. The van der Waals surface area contributed by atoms with Gasteiger partial charge in [-0.3, -0.25) is 9.59 Å². The molecule has 148 valence electrons. The predicted octanol–water partition coefficient (Wildman–Crippen LogP) is 3.05. The number of benzene rings is 1. The smallest absolute Gasteiger partial charge is 0.233 e. The molecule has 1 saturated carbocycles. The molecule has 27 heavy (non-hydrogen) atoms. The first kappa shape index (κ1) is 19.7. The standard InChI is InChI=1S/C21H28O6/c1-10(2)11-14(23)12-13(16(25)18(11)27-5)21(9-22)8-6-7-20(3,4)19(21)17(26)15(12)24/h10,19,22-23,25H,6-9H2,1-5H3/t19?,21-/m0/s1. The van der Waals surface area contributed by atoms with Crippen LogP contribution in [-0.2, 0) is 10.2 Å². The van der Waals surface area contributed by atoms with Crippen molar-refractivity contribution in [1.82, 2.24) is 0 Å². The van der Waals surface area contributed by atoms with Gasteiger partial charge in [-0.05, 0) is 24.2 Å². The normalized spacial score (nSPS) is 26.7. The van der Waals surface area contributed by atoms with Crippen molar-refractivity contribution in [2.75, 3.05) is 13.7 Å². The van der Waals surface area contributed by atoms with E-state index in [1.54, 1.807) is 13.8 Å². The van der Waals surface area contributed by atoms with Gasteiger partial charge in [-0.2, -0.15) is 0 Å². The number of fused-ring (bicyclic) bond motifs is 3. The fourth-order valence-electron chi connectivity index (χ4n) is 5.44. The second kappa shape index (κ2) is 6.23. The number of carbonyl (C=O) groups is 2. The molecule has 0 radical (unpaired) electrons. The van der Waals surface area contributed by atoms with Gasteiger partial charge in [0, 0.05) is 22.5 Å². The topological polar surface area (TPSA) is 104 Å². The van der Waals surface area contributed by atoms with Gasteiger partial charge in [0.25, 0.3) is 0 Å². The predicted molar refractivity (Wildman–Crippen MR) is 99.6 cm³/mol. The third-order valence-electron chi connectivity index (χ3n) is 6.49. The summed E-state index contributed by atoms with van der Waals surface area (Å²) < 4.78 is 5.38. The average Bonchev–Trinajstić information content (AvgIpc) is 2.59. The molecule has 2 atom stereocenters. The summed E-state index contributed by atoms with van der Waals surface area (Å²) in [7, 11) is 1.39. The van der Waals surface area contributed by atoms with E-state index < -0.39 is 34.9 Å². The largest absolute Gasteiger partial charge is 0.507 e. The van der Waals surface area contributed by atoms with Gasteiger partial charge in [-0.1, -0.05) is 34.1 Å². The molecule has 0 saturated heterocycles. The summed E-state index contributed by atoms with van der Waals surface area (Å²) in [6.07, 6.45) is 1.92. The maximum absolute atomic E-state index is 13.1. The number of hydrogen-bond acceptors (Lipinski definition) is 6. The van der Waals surface area contributed by atoms with Crippen molar-refractivity contribution >= 4 is 11.6 Å². The van der Waals surface area contributed by atoms with Crippen molar-refractivity contribution in [1.29, 1.82) is 0 Å². The molecule has 0 spiro atoms. The average molecular weight is 376 g/mol. The van der Waals surface area contributed by atoms with Crippen molar-refractivity contribution < 1.29 is 29.6 Å². The van der Waals surface area contributed by atoms with E-state index in [0.717, 1.165) is 12.8 Å². The monoisotopic (exact) mass is 376 g/mol. The van der Waals surface area contributed by atoms with Crippen molar-refractivity contribution in [3.8, 4) is 17.2 Å². The number of aliphatic hydroxyl groups is 1. The first-order chi connectivity index (χ1) is 12.5. The highest BCUT2D eigenvalue weighted by atomic mass is 16.5. The van der Waals surface area contributed by atoms with Gasteiger partial charge in [0.15, 0.2) is 11.5 Å². The molecule has 0 aromatic heterocycles. The molecular formula is C21H28O6. The van der Waals surface area contributed by atoms with Crippen LogP contribution in [0.4, 0.5) is 0 Å². The number of rotatable bonds is 3. The van der Waals surface area contributed by atoms with E-state index >= 15 is 0 Å². The second-order valence-corrected chi connectivity index (χ2v) is 8.83. The van der Waals surface area contributed by atoms with Gasteiger partial charge >= 0.3 is 0 Å². The first-order valence-corrected chi connectivity index (χ1v) is 9.40. The molecule has 2 aliphatic rings. The summed E-state index contributed by atoms with van der Waals surface area (Å²) in [6.45, 7) is 7.02. The lowest BCUT2D eigenvalue weighted by molar-refractivity contribution is -0.130. The van der Waals surface area contributed by atoms with Gasteiger partial charge in [-0.15, -0.1) is 0 Å². The third-order valence-corrected chi connectivity index (χ3v) is 6.49. The lowest BCUT2D eigenvalue weighted by Crippen LogP contribution is -2.58. The lowest BCUT2D eigenvalue weighted by Gasteiger charge is -2.53. The van der Waals surface area contributed by atoms with E-state index in [1.165, 1.54) is 7.11 Å². The minimum Gasteiger partial charge on any atom is -0.507 e. The quantitative estimate of drug-likeness (QED) is 0.553. The molecule has 1 aromatic carbocycles. The van der Waals surface area contributed by atoms with E-state index in [-0.39, 0.29) is 39.9 Å². The molecule has 1 aromatic rings. The molecule has 1 unspecified atom stereocenters. The molecule has 0 amide bonds. The van der Waals surface area contributed by atoms with Crippen molar-refractivity contribution in [3.05, 3.63) is 16.7 Å². The molecule has 3 N–H and O–H groups in total. The van der Waals surface area contributed by atoms with E-state index in [4.69, 9.17) is 4.74 Å². The summed E-state index contributed by atoms with van der Waals surface area (Å²) in [5, 5.41) is 32.4. The van der Waals surface area contributed by atoms with E-state index in [2.05, 4.69) is 0 Å². The van der Waals surface area contributed by atoms with Crippen molar-refractivity contribution in [2.45, 2.75) is 58.3 Å². The molecule has 6 nitrogen and oxygen atoms in total. The van der Waals surface area contributed by atoms with Crippen LogP contribution in [0.1, 0.15) is 74.4 Å². The highest BCUT2D eigenvalue weighted by molar-refractivity contribution is 6.47. The maximum atomic E-state index is 13.1. The van der Waals surface area contributed by atoms with E-state index in [9.17, 15) is 24.9 Å². The number of ether oxygens (including phenoxy) is 1. The van der Waals surface area contributed by atoms with Crippen LogP contribution in [0.3, 0.4) is 0 Å². The summed E-state index contributed by atoms with van der Waals surface area (Å²) in [5.74, 6) is -2.90. The molecule has 6 heteroatoms. The number of aromatic hydroxyl groups is 2. The summed E-state index contributed by atoms with van der Waals surface area (Å²) in [4.78, 5) is 26.1. The summed E-state index contributed by atoms with van der Waals surface area (Å²) >= 11 is 0. The zero-order chi connectivity index (χ0) is 20.3. The molecule has 0 bridgehead atoms. The maximum Gasteiger partial charge on any atom is 0.233 e. The number of phenolic OH excluding ortho intramolecular Hbond substituents is 2. The molecule has 2 aliphatic carbocycles. The fraction of sp³-hybridized carbons (Fsp3) is 0.619. The third kappa shape index (κ3) is 2.42.